The van der Waals surface area contributed by atoms with Gasteiger partial charge in [0.15, 0.2) is 0 Å². The highest BCUT2D eigenvalue weighted by atomic mass is 16.3. The van der Waals surface area contributed by atoms with E-state index in [2.05, 4.69) is 31.1 Å². The summed E-state index contributed by atoms with van der Waals surface area (Å²) in [6, 6.07) is 1.23. The van der Waals surface area contributed by atoms with Crippen LogP contribution in [0.1, 0.15) is 46.0 Å². The topological polar surface area (TPSA) is 35.5 Å². The Morgan fingerprint density at radius 1 is 1.28 bits per heavy atom. The lowest BCUT2D eigenvalue weighted by Gasteiger charge is -2.40. The van der Waals surface area contributed by atoms with Gasteiger partial charge >= 0.3 is 0 Å². The Kier molecular flexibility index (Phi) is 5.05. The lowest BCUT2D eigenvalue weighted by molar-refractivity contribution is 0.0821. The summed E-state index contributed by atoms with van der Waals surface area (Å²) >= 11 is 0. The van der Waals surface area contributed by atoms with E-state index in [1.54, 1.807) is 0 Å². The number of hydrogen-bond acceptors (Lipinski definition) is 3. The van der Waals surface area contributed by atoms with E-state index < -0.39 is 0 Å². The van der Waals surface area contributed by atoms with Crippen LogP contribution in [0.4, 0.5) is 0 Å². The van der Waals surface area contributed by atoms with Gasteiger partial charge in [0.25, 0.3) is 0 Å². The number of nitrogens with one attached hydrogen (secondary N) is 1. The Labute approximate surface area is 112 Å². The number of hydrogen-bond donors (Lipinski definition) is 2. The molecule has 3 heteroatoms. The van der Waals surface area contributed by atoms with Gasteiger partial charge in [-0.15, -0.1) is 0 Å². The van der Waals surface area contributed by atoms with E-state index in [0.29, 0.717) is 23.9 Å². The quantitative estimate of drug-likeness (QED) is 0.804. The standard InChI is InChI=1S/C15H30N2O/c1-11-10-17(3)12(2)8-14(11)16-9-15(18)13-6-4-5-7-13/h11-16,18H,4-10H2,1-3H3. The molecule has 0 spiro atoms. The van der Waals surface area contributed by atoms with Gasteiger partial charge in [-0.25, -0.2) is 0 Å². The van der Waals surface area contributed by atoms with Crippen molar-refractivity contribution in [2.75, 3.05) is 20.1 Å². The van der Waals surface area contributed by atoms with E-state index in [4.69, 9.17) is 0 Å². The largest absolute Gasteiger partial charge is 0.392 e. The number of nitrogens with zero attached hydrogens (tertiary/aromatic N) is 1. The van der Waals surface area contributed by atoms with Gasteiger partial charge in [-0.1, -0.05) is 19.8 Å². The number of rotatable bonds is 4. The lowest BCUT2D eigenvalue weighted by Crippen LogP contribution is -2.52. The third kappa shape index (κ3) is 3.46. The fourth-order valence-corrected chi connectivity index (χ4v) is 3.61. The highest BCUT2D eigenvalue weighted by Crippen LogP contribution is 2.28. The number of piperidine rings is 1. The average Bonchev–Trinajstić information content (AvgIpc) is 2.85. The average molecular weight is 254 g/mol. The molecular formula is C15H30N2O. The Balaban J connectivity index is 1.75. The van der Waals surface area contributed by atoms with Crippen molar-refractivity contribution in [2.45, 2.75) is 64.1 Å². The second-order valence-electron chi connectivity index (χ2n) is 6.63. The van der Waals surface area contributed by atoms with Crippen molar-refractivity contribution < 1.29 is 5.11 Å². The van der Waals surface area contributed by atoms with Crippen LogP contribution in [-0.2, 0) is 0 Å². The molecule has 2 N–H and O–H groups in total. The molecule has 0 bridgehead atoms. The molecule has 1 saturated carbocycles. The minimum Gasteiger partial charge on any atom is -0.392 e. The van der Waals surface area contributed by atoms with E-state index >= 15 is 0 Å². The fourth-order valence-electron chi connectivity index (χ4n) is 3.61. The predicted octanol–water partition coefficient (Wildman–Crippen LogP) is 1.86. The molecule has 1 saturated heterocycles. The number of likely N-dealkylation sites (tertiary alicyclic amines) is 1. The zero-order valence-corrected chi connectivity index (χ0v) is 12.2. The molecule has 0 aromatic heterocycles. The summed E-state index contributed by atoms with van der Waals surface area (Å²) in [5.41, 5.74) is 0. The van der Waals surface area contributed by atoms with Gasteiger partial charge in [0.1, 0.15) is 0 Å². The third-order valence-electron chi connectivity index (χ3n) is 5.14. The molecule has 18 heavy (non-hydrogen) atoms. The number of aliphatic hydroxyl groups is 1. The lowest BCUT2D eigenvalue weighted by atomic mass is 9.89. The Bertz CT molecular complexity index is 253. The minimum absolute atomic E-state index is 0.130. The van der Waals surface area contributed by atoms with Gasteiger partial charge in [0.2, 0.25) is 0 Å². The van der Waals surface area contributed by atoms with E-state index in [9.17, 15) is 5.11 Å². The van der Waals surface area contributed by atoms with Crippen LogP contribution >= 0.6 is 0 Å². The van der Waals surface area contributed by atoms with Crippen molar-refractivity contribution >= 4 is 0 Å². The molecule has 0 aromatic rings. The van der Waals surface area contributed by atoms with Gasteiger partial charge in [0, 0.05) is 25.2 Å². The van der Waals surface area contributed by atoms with Crippen LogP contribution in [0.2, 0.25) is 0 Å². The molecule has 1 heterocycles. The summed E-state index contributed by atoms with van der Waals surface area (Å²) in [6.07, 6.45) is 6.14. The van der Waals surface area contributed by atoms with Gasteiger partial charge in [-0.3, -0.25) is 0 Å². The van der Waals surface area contributed by atoms with Crippen molar-refractivity contribution in [3.8, 4) is 0 Å². The van der Waals surface area contributed by atoms with E-state index in [0.717, 1.165) is 6.54 Å². The molecule has 1 aliphatic carbocycles. The normalized spacial score (nSPS) is 37.0. The van der Waals surface area contributed by atoms with E-state index in [1.165, 1.54) is 38.6 Å². The SMILES string of the molecule is CC1CN(C)C(C)CC1NCC(O)C1CCCC1. The first kappa shape index (κ1) is 14.3. The monoisotopic (exact) mass is 254 g/mol. The zero-order valence-electron chi connectivity index (χ0n) is 12.2. The van der Waals surface area contributed by atoms with Crippen LogP contribution in [0.5, 0.6) is 0 Å². The fraction of sp³-hybridized carbons (Fsp3) is 1.00. The second kappa shape index (κ2) is 6.36. The highest BCUT2D eigenvalue weighted by Gasteiger charge is 2.30. The van der Waals surface area contributed by atoms with Gasteiger partial charge in [-0.2, -0.15) is 0 Å². The summed E-state index contributed by atoms with van der Waals surface area (Å²) in [6.45, 7) is 6.57. The Morgan fingerprint density at radius 3 is 2.61 bits per heavy atom. The van der Waals surface area contributed by atoms with Crippen LogP contribution in [0.15, 0.2) is 0 Å². The van der Waals surface area contributed by atoms with Crippen molar-refractivity contribution in [2.24, 2.45) is 11.8 Å². The van der Waals surface area contributed by atoms with Gasteiger partial charge in [0.05, 0.1) is 6.10 Å². The highest BCUT2D eigenvalue weighted by molar-refractivity contribution is 4.87. The first-order valence-electron chi connectivity index (χ1n) is 7.69. The van der Waals surface area contributed by atoms with Crippen LogP contribution in [0, 0.1) is 11.8 Å². The molecule has 1 aliphatic heterocycles. The van der Waals surface area contributed by atoms with Crippen molar-refractivity contribution in [3.05, 3.63) is 0 Å². The summed E-state index contributed by atoms with van der Waals surface area (Å²) in [5, 5.41) is 13.8. The van der Waals surface area contributed by atoms with E-state index in [-0.39, 0.29) is 6.10 Å². The molecule has 2 aliphatic rings. The van der Waals surface area contributed by atoms with Crippen LogP contribution in [-0.4, -0.2) is 48.3 Å². The Morgan fingerprint density at radius 2 is 1.94 bits per heavy atom. The maximum absolute atomic E-state index is 10.2. The second-order valence-corrected chi connectivity index (χ2v) is 6.63. The molecule has 0 radical (unpaired) electrons. The molecule has 2 rings (SSSR count). The van der Waals surface area contributed by atoms with Crippen LogP contribution in [0.3, 0.4) is 0 Å². The molecule has 0 amide bonds. The molecule has 0 aromatic carbocycles. The van der Waals surface area contributed by atoms with Crippen LogP contribution in [0.25, 0.3) is 0 Å². The smallest absolute Gasteiger partial charge is 0.0692 e. The first-order valence-corrected chi connectivity index (χ1v) is 7.69. The van der Waals surface area contributed by atoms with Gasteiger partial charge in [-0.05, 0) is 45.1 Å². The van der Waals surface area contributed by atoms with Crippen molar-refractivity contribution in [1.82, 2.24) is 10.2 Å². The van der Waals surface area contributed by atoms with Crippen molar-refractivity contribution in [3.63, 3.8) is 0 Å². The molecule has 4 atom stereocenters. The summed E-state index contributed by atoms with van der Waals surface area (Å²) < 4.78 is 0. The molecule has 2 fully saturated rings. The molecule has 106 valence electrons. The van der Waals surface area contributed by atoms with Gasteiger partial charge < -0.3 is 15.3 Å². The Hall–Kier alpha value is -0.120. The summed E-state index contributed by atoms with van der Waals surface area (Å²) in [5.74, 6) is 1.23. The van der Waals surface area contributed by atoms with Crippen molar-refractivity contribution in [1.29, 1.82) is 0 Å². The minimum atomic E-state index is -0.130. The third-order valence-corrected chi connectivity index (χ3v) is 5.14. The number of aliphatic hydroxyl groups excluding tert-OH is 1. The molecular weight excluding hydrogens is 224 g/mol. The van der Waals surface area contributed by atoms with Crippen LogP contribution < -0.4 is 5.32 Å². The zero-order chi connectivity index (χ0) is 13.1. The summed E-state index contributed by atoms with van der Waals surface area (Å²) in [4.78, 5) is 2.44. The van der Waals surface area contributed by atoms with E-state index in [1.807, 2.05) is 0 Å². The maximum atomic E-state index is 10.2. The predicted molar refractivity (Wildman–Crippen MR) is 75.6 cm³/mol. The molecule has 3 nitrogen and oxygen atoms in total. The summed E-state index contributed by atoms with van der Waals surface area (Å²) in [7, 11) is 2.21. The maximum Gasteiger partial charge on any atom is 0.0692 e. The molecule has 4 unspecified atom stereocenters. The first-order chi connectivity index (χ1) is 8.58.